The molecule has 1 fully saturated rings. The molecule has 0 unspecified atom stereocenters. The van der Waals surface area contributed by atoms with Crippen LogP contribution in [0.1, 0.15) is 24.8 Å². The van der Waals surface area contributed by atoms with Gasteiger partial charge in [-0.1, -0.05) is 11.6 Å². The normalized spacial score (nSPS) is 15.8. The number of nitriles is 1. The summed E-state index contributed by atoms with van der Waals surface area (Å²) in [7, 11) is 0. The second-order valence-corrected chi connectivity index (χ2v) is 6.27. The van der Waals surface area contributed by atoms with Gasteiger partial charge >= 0.3 is 0 Å². The Morgan fingerprint density at radius 2 is 2.21 bits per heavy atom. The minimum Gasteiger partial charge on any atom is -0.325 e. The maximum Gasteiger partial charge on any atom is 0.224 e. The molecule has 0 bridgehead atoms. The first-order valence-corrected chi connectivity index (χ1v) is 7.79. The second-order valence-electron chi connectivity index (χ2n) is 4.61. The lowest BCUT2D eigenvalue weighted by atomic mass is 9.98. The lowest BCUT2D eigenvalue weighted by Gasteiger charge is -2.20. The van der Waals surface area contributed by atoms with Crippen molar-refractivity contribution in [3.8, 4) is 6.07 Å². The molecule has 1 aliphatic rings. The molecule has 0 radical (unpaired) electrons. The predicted molar refractivity (Wildman–Crippen MR) is 79.5 cm³/mol. The molecule has 1 amide bonds. The zero-order valence-corrected chi connectivity index (χ0v) is 12.1. The van der Waals surface area contributed by atoms with Crippen LogP contribution in [0.15, 0.2) is 18.2 Å². The van der Waals surface area contributed by atoms with E-state index in [0.29, 0.717) is 28.6 Å². The SMILES string of the molecule is N#Cc1ccc(Cl)cc1NC(=O)CC1CCSCC1. The third kappa shape index (κ3) is 4.15. The minimum absolute atomic E-state index is 0.0318. The number of thioether (sulfide) groups is 1. The third-order valence-corrected chi connectivity index (χ3v) is 4.47. The Morgan fingerprint density at radius 1 is 1.47 bits per heavy atom. The quantitative estimate of drug-likeness (QED) is 0.925. The molecular weight excluding hydrogens is 280 g/mol. The molecule has 1 saturated heterocycles. The van der Waals surface area contributed by atoms with Crippen LogP contribution in [0.3, 0.4) is 0 Å². The molecule has 3 nitrogen and oxygen atoms in total. The summed E-state index contributed by atoms with van der Waals surface area (Å²) >= 11 is 7.83. The van der Waals surface area contributed by atoms with Crippen LogP contribution in [-0.2, 0) is 4.79 Å². The smallest absolute Gasteiger partial charge is 0.224 e. The van der Waals surface area contributed by atoms with Gasteiger partial charge in [0.05, 0.1) is 11.3 Å². The van der Waals surface area contributed by atoms with Crippen molar-refractivity contribution in [3.63, 3.8) is 0 Å². The monoisotopic (exact) mass is 294 g/mol. The Bertz CT molecular complexity index is 507. The molecule has 0 atom stereocenters. The van der Waals surface area contributed by atoms with E-state index in [-0.39, 0.29) is 5.91 Å². The standard InChI is InChI=1S/C14H15ClN2OS/c15-12-2-1-11(9-16)13(8-12)17-14(18)7-10-3-5-19-6-4-10/h1-2,8,10H,3-7H2,(H,17,18). The number of carbonyl (C=O) groups is 1. The first-order valence-electron chi connectivity index (χ1n) is 6.26. The summed E-state index contributed by atoms with van der Waals surface area (Å²) in [5.41, 5.74) is 0.946. The summed E-state index contributed by atoms with van der Waals surface area (Å²) in [6.07, 6.45) is 2.72. The zero-order chi connectivity index (χ0) is 13.7. The number of benzene rings is 1. The van der Waals surface area contributed by atoms with Crippen LogP contribution in [-0.4, -0.2) is 17.4 Å². The number of hydrogen-bond acceptors (Lipinski definition) is 3. The van der Waals surface area contributed by atoms with Crippen molar-refractivity contribution in [2.24, 2.45) is 5.92 Å². The van der Waals surface area contributed by atoms with E-state index in [4.69, 9.17) is 16.9 Å². The Hall–Kier alpha value is -1.18. The largest absolute Gasteiger partial charge is 0.325 e. The highest BCUT2D eigenvalue weighted by Crippen LogP contribution is 2.26. The van der Waals surface area contributed by atoms with Gasteiger partial charge in [-0.15, -0.1) is 0 Å². The average Bonchev–Trinajstić information content (AvgIpc) is 2.40. The fourth-order valence-electron chi connectivity index (χ4n) is 2.13. The fraction of sp³-hybridized carbons (Fsp3) is 0.429. The molecule has 1 aromatic carbocycles. The van der Waals surface area contributed by atoms with Crippen molar-refractivity contribution in [1.29, 1.82) is 5.26 Å². The lowest BCUT2D eigenvalue weighted by Crippen LogP contribution is -2.20. The molecule has 0 aliphatic carbocycles. The van der Waals surface area contributed by atoms with E-state index >= 15 is 0 Å². The van der Waals surface area contributed by atoms with Gasteiger partial charge < -0.3 is 5.32 Å². The number of amides is 1. The molecule has 0 spiro atoms. The van der Waals surface area contributed by atoms with Crippen molar-refractivity contribution < 1.29 is 4.79 Å². The van der Waals surface area contributed by atoms with Crippen molar-refractivity contribution in [3.05, 3.63) is 28.8 Å². The van der Waals surface area contributed by atoms with E-state index in [0.717, 1.165) is 24.3 Å². The van der Waals surface area contributed by atoms with Crippen LogP contribution in [0, 0.1) is 17.2 Å². The van der Waals surface area contributed by atoms with Crippen LogP contribution in [0.4, 0.5) is 5.69 Å². The van der Waals surface area contributed by atoms with Gasteiger partial charge in [0.25, 0.3) is 0 Å². The van der Waals surface area contributed by atoms with E-state index in [2.05, 4.69) is 11.4 Å². The number of hydrogen-bond donors (Lipinski definition) is 1. The van der Waals surface area contributed by atoms with Crippen molar-refractivity contribution >= 4 is 35.0 Å². The molecule has 0 aromatic heterocycles. The highest BCUT2D eigenvalue weighted by Gasteiger charge is 2.18. The Balaban J connectivity index is 1.98. The van der Waals surface area contributed by atoms with Crippen LogP contribution >= 0.6 is 23.4 Å². The van der Waals surface area contributed by atoms with E-state index in [1.54, 1.807) is 18.2 Å². The highest BCUT2D eigenvalue weighted by molar-refractivity contribution is 7.99. The van der Waals surface area contributed by atoms with Gasteiger partial charge in [-0.2, -0.15) is 17.0 Å². The van der Waals surface area contributed by atoms with Crippen molar-refractivity contribution in [2.45, 2.75) is 19.3 Å². The zero-order valence-electron chi connectivity index (χ0n) is 10.5. The molecule has 5 heteroatoms. The Morgan fingerprint density at radius 3 is 2.89 bits per heavy atom. The topological polar surface area (TPSA) is 52.9 Å². The Kier molecular flexibility index (Phi) is 5.12. The summed E-state index contributed by atoms with van der Waals surface area (Å²) in [6, 6.07) is 6.94. The Labute approximate surface area is 122 Å². The van der Waals surface area contributed by atoms with Gasteiger partial charge in [0, 0.05) is 11.4 Å². The molecule has 2 rings (SSSR count). The molecular formula is C14H15ClN2OS. The summed E-state index contributed by atoms with van der Waals surface area (Å²) in [4.78, 5) is 12.0. The first-order chi connectivity index (χ1) is 9.19. The lowest BCUT2D eigenvalue weighted by molar-refractivity contribution is -0.117. The number of nitrogens with zero attached hydrogens (tertiary/aromatic N) is 1. The molecule has 1 aromatic rings. The number of anilines is 1. The molecule has 19 heavy (non-hydrogen) atoms. The maximum atomic E-state index is 12.0. The summed E-state index contributed by atoms with van der Waals surface area (Å²) in [5.74, 6) is 2.71. The van der Waals surface area contributed by atoms with E-state index in [9.17, 15) is 4.79 Å². The van der Waals surface area contributed by atoms with Crippen molar-refractivity contribution in [2.75, 3.05) is 16.8 Å². The van der Waals surface area contributed by atoms with Crippen LogP contribution in [0.5, 0.6) is 0 Å². The first kappa shape index (κ1) is 14.2. The van der Waals surface area contributed by atoms with Gasteiger partial charge in [-0.25, -0.2) is 0 Å². The van der Waals surface area contributed by atoms with Crippen molar-refractivity contribution in [1.82, 2.24) is 0 Å². The summed E-state index contributed by atoms with van der Waals surface area (Å²) in [5, 5.41) is 12.3. The molecule has 0 saturated carbocycles. The number of nitrogens with one attached hydrogen (secondary N) is 1. The average molecular weight is 295 g/mol. The maximum absolute atomic E-state index is 12.0. The molecule has 1 N–H and O–H groups in total. The van der Waals surface area contributed by atoms with Gasteiger partial charge in [-0.05, 0) is 48.5 Å². The van der Waals surface area contributed by atoms with Gasteiger partial charge in [0.1, 0.15) is 6.07 Å². The second kappa shape index (κ2) is 6.83. The fourth-order valence-corrected chi connectivity index (χ4v) is 3.51. The number of carbonyl (C=O) groups excluding carboxylic acids is 1. The molecule has 100 valence electrons. The molecule has 1 aliphatic heterocycles. The molecule has 1 heterocycles. The number of rotatable bonds is 3. The van der Waals surface area contributed by atoms with Gasteiger partial charge in [0.2, 0.25) is 5.91 Å². The summed E-state index contributed by atoms with van der Waals surface area (Å²) in [6.45, 7) is 0. The van der Waals surface area contributed by atoms with E-state index in [1.807, 2.05) is 11.8 Å². The summed E-state index contributed by atoms with van der Waals surface area (Å²) < 4.78 is 0. The van der Waals surface area contributed by atoms with Gasteiger partial charge in [0.15, 0.2) is 0 Å². The van der Waals surface area contributed by atoms with E-state index < -0.39 is 0 Å². The third-order valence-electron chi connectivity index (χ3n) is 3.19. The van der Waals surface area contributed by atoms with Crippen LogP contribution in [0.2, 0.25) is 5.02 Å². The number of halogens is 1. The minimum atomic E-state index is -0.0318. The predicted octanol–water partition coefficient (Wildman–Crippen LogP) is 3.68. The van der Waals surface area contributed by atoms with Gasteiger partial charge in [-0.3, -0.25) is 4.79 Å². The highest BCUT2D eigenvalue weighted by atomic mass is 35.5. The van der Waals surface area contributed by atoms with Crippen LogP contribution in [0.25, 0.3) is 0 Å². The van der Waals surface area contributed by atoms with Crippen LogP contribution < -0.4 is 5.32 Å². The van der Waals surface area contributed by atoms with E-state index in [1.165, 1.54) is 0 Å².